The van der Waals surface area contributed by atoms with Crippen molar-refractivity contribution in [3.8, 4) is 0 Å². The predicted molar refractivity (Wildman–Crippen MR) is 82.0 cm³/mol. The highest BCUT2D eigenvalue weighted by molar-refractivity contribution is 5.19. The van der Waals surface area contributed by atoms with Gasteiger partial charge < -0.3 is 5.73 Å². The minimum atomic E-state index is 0.145. The highest BCUT2D eigenvalue weighted by atomic mass is 15.2. The maximum absolute atomic E-state index is 6.42. The van der Waals surface area contributed by atoms with Gasteiger partial charge in [0.1, 0.15) is 0 Å². The molecule has 0 spiro atoms. The van der Waals surface area contributed by atoms with E-state index < -0.39 is 0 Å². The normalized spacial score (nSPS) is 27.4. The fourth-order valence-electron chi connectivity index (χ4n) is 3.34. The quantitative estimate of drug-likeness (QED) is 0.876. The lowest BCUT2D eigenvalue weighted by Gasteiger charge is -2.32. The minimum absolute atomic E-state index is 0.145. The van der Waals surface area contributed by atoms with E-state index in [9.17, 15) is 0 Å². The highest BCUT2D eigenvalue weighted by Gasteiger charge is 2.31. The van der Waals surface area contributed by atoms with Crippen LogP contribution in [0.5, 0.6) is 0 Å². The lowest BCUT2D eigenvalue weighted by atomic mass is 9.94. The van der Waals surface area contributed by atoms with Gasteiger partial charge in [-0.2, -0.15) is 0 Å². The number of benzene rings is 1. The predicted octanol–water partition coefficient (Wildman–Crippen LogP) is 3.59. The van der Waals surface area contributed by atoms with Crippen LogP contribution in [0, 0.1) is 5.92 Å². The molecule has 1 aliphatic rings. The van der Waals surface area contributed by atoms with Crippen LogP contribution < -0.4 is 5.73 Å². The molecule has 19 heavy (non-hydrogen) atoms. The molecule has 1 aliphatic heterocycles. The van der Waals surface area contributed by atoms with Crippen molar-refractivity contribution in [2.24, 2.45) is 11.7 Å². The van der Waals surface area contributed by atoms with Crippen LogP contribution in [0.4, 0.5) is 0 Å². The van der Waals surface area contributed by atoms with E-state index in [0.29, 0.717) is 5.92 Å². The summed E-state index contributed by atoms with van der Waals surface area (Å²) in [7, 11) is 0. The molecule has 0 aromatic heterocycles. The summed E-state index contributed by atoms with van der Waals surface area (Å²) in [5.74, 6) is 0.497. The second-order valence-electron chi connectivity index (χ2n) is 6.10. The van der Waals surface area contributed by atoms with Crippen molar-refractivity contribution in [1.29, 1.82) is 0 Å². The van der Waals surface area contributed by atoms with E-state index in [1.807, 2.05) is 0 Å². The second kappa shape index (κ2) is 6.53. The fraction of sp³-hybridized carbons (Fsp3) is 0.647. The van der Waals surface area contributed by atoms with Gasteiger partial charge in [-0.3, -0.25) is 4.90 Å². The summed E-state index contributed by atoms with van der Waals surface area (Å²) in [4.78, 5) is 2.67. The van der Waals surface area contributed by atoms with Crippen LogP contribution >= 0.6 is 0 Å². The molecule has 1 aromatic carbocycles. The van der Waals surface area contributed by atoms with Crippen molar-refractivity contribution < 1.29 is 0 Å². The largest absolute Gasteiger partial charge is 0.324 e. The Labute approximate surface area is 118 Å². The Morgan fingerprint density at radius 1 is 1.26 bits per heavy atom. The zero-order valence-corrected chi connectivity index (χ0v) is 12.5. The Morgan fingerprint density at radius 2 is 1.95 bits per heavy atom. The topological polar surface area (TPSA) is 29.3 Å². The first-order valence-electron chi connectivity index (χ1n) is 7.69. The van der Waals surface area contributed by atoms with Crippen molar-refractivity contribution in [3.05, 3.63) is 35.9 Å². The number of nitrogens with two attached hydrogens (primary N) is 1. The van der Waals surface area contributed by atoms with Crippen LogP contribution in [0.1, 0.15) is 51.6 Å². The van der Waals surface area contributed by atoms with Gasteiger partial charge in [-0.15, -0.1) is 0 Å². The average Bonchev–Trinajstić information content (AvgIpc) is 2.79. The maximum atomic E-state index is 6.42. The third kappa shape index (κ3) is 3.37. The molecular formula is C17H28N2. The van der Waals surface area contributed by atoms with Gasteiger partial charge in [0, 0.05) is 24.7 Å². The van der Waals surface area contributed by atoms with Crippen LogP contribution in [-0.4, -0.2) is 23.5 Å². The molecule has 2 N–H and O–H groups in total. The minimum Gasteiger partial charge on any atom is -0.324 e. The van der Waals surface area contributed by atoms with E-state index >= 15 is 0 Å². The van der Waals surface area contributed by atoms with Crippen molar-refractivity contribution in [2.75, 3.05) is 6.54 Å². The van der Waals surface area contributed by atoms with Crippen molar-refractivity contribution in [2.45, 2.75) is 58.2 Å². The Morgan fingerprint density at radius 3 is 2.58 bits per heavy atom. The molecule has 0 aliphatic carbocycles. The van der Waals surface area contributed by atoms with E-state index in [2.05, 4.69) is 56.0 Å². The molecule has 0 amide bonds. The summed E-state index contributed by atoms with van der Waals surface area (Å²) >= 11 is 0. The Hall–Kier alpha value is -0.860. The molecule has 106 valence electrons. The summed E-state index contributed by atoms with van der Waals surface area (Å²) in [6.07, 6.45) is 3.95. The lowest BCUT2D eigenvalue weighted by Crippen LogP contribution is -2.40. The molecule has 2 heteroatoms. The third-order valence-corrected chi connectivity index (χ3v) is 4.72. The van der Waals surface area contributed by atoms with Gasteiger partial charge in [-0.1, -0.05) is 44.2 Å². The van der Waals surface area contributed by atoms with Crippen LogP contribution in [0.2, 0.25) is 0 Å². The molecule has 1 aromatic rings. The first-order valence-corrected chi connectivity index (χ1v) is 7.69. The van der Waals surface area contributed by atoms with Gasteiger partial charge in [0.2, 0.25) is 0 Å². The van der Waals surface area contributed by atoms with Gasteiger partial charge in [-0.25, -0.2) is 0 Å². The fourth-order valence-corrected chi connectivity index (χ4v) is 3.34. The molecule has 2 rings (SSSR count). The van der Waals surface area contributed by atoms with Gasteiger partial charge in [0.25, 0.3) is 0 Å². The molecule has 2 nitrogen and oxygen atoms in total. The van der Waals surface area contributed by atoms with Gasteiger partial charge in [0.15, 0.2) is 0 Å². The zero-order valence-electron chi connectivity index (χ0n) is 12.5. The summed E-state index contributed by atoms with van der Waals surface area (Å²) in [5.41, 5.74) is 7.68. The van der Waals surface area contributed by atoms with Gasteiger partial charge in [-0.05, 0) is 37.7 Å². The lowest BCUT2D eigenvalue weighted by molar-refractivity contribution is 0.162. The van der Waals surface area contributed by atoms with Gasteiger partial charge >= 0.3 is 0 Å². The Balaban J connectivity index is 1.98. The Kier molecular flexibility index (Phi) is 5.00. The van der Waals surface area contributed by atoms with Crippen LogP contribution in [0.15, 0.2) is 30.3 Å². The molecule has 1 heterocycles. The van der Waals surface area contributed by atoms with Crippen molar-refractivity contribution >= 4 is 0 Å². The maximum Gasteiger partial charge on any atom is 0.0333 e. The molecule has 0 bridgehead atoms. The first-order chi connectivity index (χ1) is 9.13. The molecule has 0 saturated carbocycles. The number of rotatable bonds is 5. The number of hydrogen-bond donors (Lipinski definition) is 1. The number of hydrogen-bond acceptors (Lipinski definition) is 2. The second-order valence-corrected chi connectivity index (χ2v) is 6.10. The van der Waals surface area contributed by atoms with Gasteiger partial charge in [0.05, 0.1) is 0 Å². The molecule has 0 radical (unpaired) electrons. The standard InChI is InChI=1S/C17H28N2/c1-4-16-11-10-14(3)19(16)12-13(2)17(18)15-8-6-5-7-9-15/h5-9,13-14,16-17H,4,10-12,18H2,1-3H3. The van der Waals surface area contributed by atoms with E-state index in [4.69, 9.17) is 5.73 Å². The smallest absolute Gasteiger partial charge is 0.0333 e. The SMILES string of the molecule is CCC1CCC(C)N1CC(C)C(N)c1ccccc1. The monoisotopic (exact) mass is 260 g/mol. The van der Waals surface area contributed by atoms with Crippen molar-refractivity contribution in [1.82, 2.24) is 4.90 Å². The van der Waals surface area contributed by atoms with Crippen LogP contribution in [-0.2, 0) is 0 Å². The summed E-state index contributed by atoms with van der Waals surface area (Å²) in [6, 6.07) is 12.1. The summed E-state index contributed by atoms with van der Waals surface area (Å²) in [5, 5.41) is 0. The van der Waals surface area contributed by atoms with E-state index in [1.165, 1.54) is 24.8 Å². The summed E-state index contributed by atoms with van der Waals surface area (Å²) in [6.45, 7) is 8.07. The highest BCUT2D eigenvalue weighted by Crippen LogP contribution is 2.29. The van der Waals surface area contributed by atoms with E-state index in [0.717, 1.165) is 18.6 Å². The molecular weight excluding hydrogens is 232 g/mol. The van der Waals surface area contributed by atoms with E-state index in [1.54, 1.807) is 0 Å². The average molecular weight is 260 g/mol. The Bertz CT molecular complexity index is 376. The molecule has 1 fully saturated rings. The number of nitrogens with zero attached hydrogens (tertiary/aromatic N) is 1. The number of likely N-dealkylation sites (tertiary alicyclic amines) is 1. The van der Waals surface area contributed by atoms with Crippen molar-refractivity contribution in [3.63, 3.8) is 0 Å². The van der Waals surface area contributed by atoms with Crippen LogP contribution in [0.3, 0.4) is 0 Å². The third-order valence-electron chi connectivity index (χ3n) is 4.72. The van der Waals surface area contributed by atoms with E-state index in [-0.39, 0.29) is 6.04 Å². The first kappa shape index (κ1) is 14.5. The van der Waals surface area contributed by atoms with Crippen LogP contribution in [0.25, 0.3) is 0 Å². The molecule has 4 atom stereocenters. The zero-order chi connectivity index (χ0) is 13.8. The summed E-state index contributed by atoms with van der Waals surface area (Å²) < 4.78 is 0. The molecule has 1 saturated heterocycles. The molecule has 4 unspecified atom stereocenters.